The minimum absolute atomic E-state index is 0.0194. The third-order valence-corrected chi connectivity index (χ3v) is 9.65. The third-order valence-electron chi connectivity index (χ3n) is 8.49. The molecular weight excluding hydrogens is 534 g/mol. The largest absolute Gasteiger partial charge is 0.457 e. The molecule has 2 aliphatic rings. The Hall–Kier alpha value is -5.19. The van der Waals surface area contributed by atoms with E-state index in [1.165, 1.54) is 11.1 Å². The van der Waals surface area contributed by atoms with Crippen LogP contribution >= 0.6 is 11.3 Å². The minimum atomic E-state index is -0.578. The zero-order valence-electron chi connectivity index (χ0n) is 22.7. The number of benzene rings is 5. The van der Waals surface area contributed by atoms with Gasteiger partial charge in [0.15, 0.2) is 5.43 Å². The molecule has 0 unspecified atom stereocenters. The Kier molecular flexibility index (Phi) is 5.37. The zero-order valence-corrected chi connectivity index (χ0v) is 23.5. The van der Waals surface area contributed by atoms with E-state index < -0.39 is 5.41 Å². The van der Waals surface area contributed by atoms with Gasteiger partial charge in [0.25, 0.3) is 0 Å². The van der Waals surface area contributed by atoms with E-state index in [0.717, 1.165) is 49.3 Å². The molecule has 200 valence electrons. The van der Waals surface area contributed by atoms with Crippen LogP contribution in [0.1, 0.15) is 32.7 Å². The Morgan fingerprint density at radius 3 is 1.79 bits per heavy atom. The van der Waals surface area contributed by atoms with E-state index in [1.807, 2.05) is 24.3 Å². The van der Waals surface area contributed by atoms with E-state index >= 15 is 0 Å². The van der Waals surface area contributed by atoms with Crippen molar-refractivity contribution in [3.05, 3.63) is 171 Å². The summed E-state index contributed by atoms with van der Waals surface area (Å²) in [4.78, 5) is 16.5. The van der Waals surface area contributed by atoms with Crippen LogP contribution in [-0.4, -0.2) is 0 Å². The highest BCUT2D eigenvalue weighted by molar-refractivity contribution is 7.19. The van der Waals surface area contributed by atoms with Crippen molar-refractivity contribution in [1.82, 2.24) is 0 Å². The SMILES string of the molecule is C=Cc1sc2cc(N3c4ccccc4C4(c5ccccc5Oc5ccccc54)c4ccccc43)ccc2c(=O)c1C=C. The van der Waals surface area contributed by atoms with Gasteiger partial charge in [0, 0.05) is 37.3 Å². The normalized spacial score (nSPS) is 13.9. The first-order valence-electron chi connectivity index (χ1n) is 13.9. The molecular formula is C38H25NO2S. The average Bonchev–Trinajstić information content (AvgIpc) is 3.04. The number of fused-ring (bicyclic) bond motifs is 9. The molecule has 0 N–H and O–H groups in total. The van der Waals surface area contributed by atoms with E-state index in [0.29, 0.717) is 10.9 Å². The molecule has 0 saturated carbocycles. The molecule has 0 atom stereocenters. The highest BCUT2D eigenvalue weighted by atomic mass is 32.1. The highest BCUT2D eigenvalue weighted by Gasteiger charge is 2.50. The topological polar surface area (TPSA) is 29.5 Å². The Morgan fingerprint density at radius 1 is 0.667 bits per heavy atom. The molecule has 0 aliphatic carbocycles. The molecule has 5 aromatic carbocycles. The highest BCUT2D eigenvalue weighted by Crippen LogP contribution is 2.62. The second-order valence-electron chi connectivity index (χ2n) is 10.5. The average molecular weight is 560 g/mol. The first-order valence-corrected chi connectivity index (χ1v) is 14.7. The van der Waals surface area contributed by atoms with E-state index in [1.54, 1.807) is 23.5 Å². The first kappa shape index (κ1) is 24.6. The predicted molar refractivity (Wildman–Crippen MR) is 175 cm³/mol. The lowest BCUT2D eigenvalue weighted by atomic mass is 9.61. The maximum atomic E-state index is 13.3. The van der Waals surface area contributed by atoms with Crippen LogP contribution in [0.4, 0.5) is 17.1 Å². The molecule has 0 fully saturated rings. The van der Waals surface area contributed by atoms with E-state index in [-0.39, 0.29) is 5.43 Å². The smallest absolute Gasteiger partial charge is 0.195 e. The van der Waals surface area contributed by atoms with Crippen molar-refractivity contribution in [2.45, 2.75) is 5.41 Å². The van der Waals surface area contributed by atoms with E-state index in [4.69, 9.17) is 4.74 Å². The lowest BCUT2D eigenvalue weighted by Gasteiger charge is -2.48. The van der Waals surface area contributed by atoms with Crippen molar-refractivity contribution in [3.63, 3.8) is 0 Å². The summed E-state index contributed by atoms with van der Waals surface area (Å²) in [6.45, 7) is 7.81. The molecule has 4 heteroatoms. The van der Waals surface area contributed by atoms with Gasteiger partial charge in [-0.05, 0) is 53.6 Å². The molecule has 6 aromatic rings. The summed E-state index contributed by atoms with van der Waals surface area (Å²) in [5.74, 6) is 1.72. The lowest BCUT2D eigenvalue weighted by molar-refractivity contribution is 0.434. The number of anilines is 3. The fourth-order valence-electron chi connectivity index (χ4n) is 6.80. The molecule has 1 spiro atoms. The minimum Gasteiger partial charge on any atom is -0.457 e. The lowest BCUT2D eigenvalue weighted by Crippen LogP contribution is -2.39. The second kappa shape index (κ2) is 9.16. The van der Waals surface area contributed by atoms with Crippen molar-refractivity contribution in [2.75, 3.05) is 4.90 Å². The number of hydrogen-bond acceptors (Lipinski definition) is 4. The van der Waals surface area contributed by atoms with Gasteiger partial charge < -0.3 is 9.64 Å². The van der Waals surface area contributed by atoms with Crippen LogP contribution in [0.15, 0.2) is 133 Å². The van der Waals surface area contributed by atoms with Crippen molar-refractivity contribution >= 4 is 50.6 Å². The van der Waals surface area contributed by atoms with Crippen LogP contribution in [0, 0.1) is 0 Å². The van der Waals surface area contributed by atoms with E-state index in [2.05, 4.69) is 109 Å². The molecule has 3 nitrogen and oxygen atoms in total. The van der Waals surface area contributed by atoms with Crippen LogP contribution in [0.2, 0.25) is 0 Å². The van der Waals surface area contributed by atoms with Crippen molar-refractivity contribution in [1.29, 1.82) is 0 Å². The molecule has 0 radical (unpaired) electrons. The van der Waals surface area contributed by atoms with E-state index in [9.17, 15) is 4.79 Å². The summed E-state index contributed by atoms with van der Waals surface area (Å²) in [6, 6.07) is 40.1. The van der Waals surface area contributed by atoms with Gasteiger partial charge in [-0.3, -0.25) is 4.79 Å². The summed E-state index contributed by atoms with van der Waals surface area (Å²) in [5, 5.41) is 0.687. The van der Waals surface area contributed by atoms with Gasteiger partial charge in [-0.1, -0.05) is 98.1 Å². The van der Waals surface area contributed by atoms with Gasteiger partial charge in [-0.2, -0.15) is 0 Å². The molecule has 8 rings (SSSR count). The van der Waals surface area contributed by atoms with Crippen molar-refractivity contribution in [2.24, 2.45) is 0 Å². The van der Waals surface area contributed by atoms with Crippen LogP contribution in [0.5, 0.6) is 11.5 Å². The molecule has 2 aliphatic heterocycles. The maximum Gasteiger partial charge on any atom is 0.195 e. The fourth-order valence-corrected chi connectivity index (χ4v) is 7.85. The number of para-hydroxylation sites is 4. The second-order valence-corrected chi connectivity index (χ2v) is 11.6. The van der Waals surface area contributed by atoms with Gasteiger partial charge in [0.1, 0.15) is 11.5 Å². The van der Waals surface area contributed by atoms with Crippen LogP contribution < -0.4 is 15.1 Å². The van der Waals surface area contributed by atoms with Crippen LogP contribution in [-0.2, 0) is 5.41 Å². The number of nitrogens with zero attached hydrogens (tertiary/aromatic N) is 1. The molecule has 0 bridgehead atoms. The van der Waals surface area contributed by atoms with Crippen LogP contribution in [0.3, 0.4) is 0 Å². The third kappa shape index (κ3) is 3.18. The van der Waals surface area contributed by atoms with Crippen LogP contribution in [0.25, 0.3) is 22.2 Å². The molecule has 1 aromatic heterocycles. The number of hydrogen-bond donors (Lipinski definition) is 0. The maximum absolute atomic E-state index is 13.3. The fraction of sp³-hybridized carbons (Fsp3) is 0.0263. The van der Waals surface area contributed by atoms with Crippen molar-refractivity contribution < 1.29 is 4.74 Å². The first-order chi connectivity index (χ1) is 20.7. The van der Waals surface area contributed by atoms with Gasteiger partial charge in [0.2, 0.25) is 0 Å². The number of rotatable bonds is 3. The summed E-state index contributed by atoms with van der Waals surface area (Å²) < 4.78 is 7.40. The van der Waals surface area contributed by atoms with Gasteiger partial charge >= 0.3 is 0 Å². The molecule has 42 heavy (non-hydrogen) atoms. The quantitative estimate of drug-likeness (QED) is 0.216. The predicted octanol–water partition coefficient (Wildman–Crippen LogP) is 9.82. The molecule has 3 heterocycles. The summed E-state index contributed by atoms with van der Waals surface area (Å²) in [5.41, 5.74) is 7.75. The number of ether oxygens (including phenoxy) is 1. The van der Waals surface area contributed by atoms with Crippen molar-refractivity contribution in [3.8, 4) is 11.5 Å². The zero-order chi connectivity index (χ0) is 28.4. The van der Waals surface area contributed by atoms with Gasteiger partial charge in [-0.25, -0.2) is 0 Å². The molecule has 0 saturated heterocycles. The summed E-state index contributed by atoms with van der Waals surface area (Å²) in [6.07, 6.45) is 3.37. The Morgan fingerprint density at radius 2 is 1.21 bits per heavy atom. The molecule has 0 amide bonds. The van der Waals surface area contributed by atoms with Gasteiger partial charge in [0.05, 0.1) is 16.8 Å². The Bertz CT molecular complexity index is 2060. The Labute approximate surface area is 247 Å². The monoisotopic (exact) mass is 559 g/mol. The standard InChI is InChI=1S/C38H25NO2S/c1-3-25-35(4-2)42-36-23-24(21-22-26(36)37(25)40)39-31-17-9-5-13-27(31)38(28-14-6-10-18-32(28)39)29-15-7-11-19-33(29)41-34-20-12-8-16-30(34)38/h3-23H,1-2H2. The van der Waals surface area contributed by atoms with Gasteiger partial charge in [-0.15, -0.1) is 11.3 Å². The Balaban J connectivity index is 1.46. The summed E-state index contributed by atoms with van der Waals surface area (Å²) in [7, 11) is 0. The summed E-state index contributed by atoms with van der Waals surface area (Å²) >= 11 is 1.56.